The summed E-state index contributed by atoms with van der Waals surface area (Å²) in [6.45, 7) is 6.15. The molecule has 0 spiro atoms. The van der Waals surface area contributed by atoms with Crippen LogP contribution in [0, 0.1) is 6.92 Å². The fraction of sp³-hybridized carbons (Fsp3) is 0.0811. The summed E-state index contributed by atoms with van der Waals surface area (Å²) in [5, 5.41) is 10.1. The number of fused-ring (bicyclic) bond motifs is 6. The Labute approximate surface area is 246 Å². The Morgan fingerprint density at radius 2 is 0.897 bits per heavy atom. The van der Waals surface area contributed by atoms with Crippen molar-refractivity contribution in [2.24, 2.45) is 0 Å². The maximum atomic E-state index is 3.76. The van der Waals surface area contributed by atoms with Gasteiger partial charge in [0, 0.05) is 8.95 Å². The van der Waals surface area contributed by atoms with Crippen molar-refractivity contribution < 1.29 is 0 Å². The Bertz CT molecular complexity index is 1880. The predicted octanol–water partition coefficient (Wildman–Crippen LogP) is 12.5. The molecule has 0 radical (unpaired) electrons. The van der Waals surface area contributed by atoms with Crippen molar-refractivity contribution in [2.75, 3.05) is 0 Å². The van der Waals surface area contributed by atoms with Crippen molar-refractivity contribution in [1.82, 2.24) is 0 Å². The third kappa shape index (κ3) is 4.46. The van der Waals surface area contributed by atoms with Crippen LogP contribution in [-0.4, -0.2) is 0 Å². The summed E-state index contributed by atoms with van der Waals surface area (Å²) in [5.41, 5.74) is 6.31. The van der Waals surface area contributed by atoms with Gasteiger partial charge in [-0.05, 0) is 96.5 Å². The van der Waals surface area contributed by atoms with Crippen LogP contribution in [0.3, 0.4) is 0 Å². The van der Waals surface area contributed by atoms with Gasteiger partial charge in [-0.1, -0.05) is 142 Å². The van der Waals surface area contributed by atoms with Crippen molar-refractivity contribution in [1.29, 1.82) is 0 Å². The summed E-state index contributed by atoms with van der Waals surface area (Å²) in [7, 11) is 0. The number of rotatable bonds is 2. The van der Waals surface area contributed by atoms with Gasteiger partial charge in [-0.15, -0.1) is 0 Å². The van der Waals surface area contributed by atoms with Gasteiger partial charge in [-0.2, -0.15) is 0 Å². The molecule has 7 aromatic carbocycles. The average Bonchev–Trinajstić information content (AvgIpc) is 2.97. The second kappa shape index (κ2) is 10.6. The molecule has 2 heteroatoms. The fourth-order valence-electron chi connectivity index (χ4n) is 5.73. The number of hydrogen-bond acceptors (Lipinski definition) is 0. The van der Waals surface area contributed by atoms with E-state index in [1.807, 2.05) is 13.8 Å². The molecule has 0 N–H and O–H groups in total. The van der Waals surface area contributed by atoms with Gasteiger partial charge >= 0.3 is 0 Å². The summed E-state index contributed by atoms with van der Waals surface area (Å²) in [6.07, 6.45) is 0. The molecular weight excluding hydrogens is 604 g/mol. The lowest BCUT2D eigenvalue weighted by molar-refractivity contribution is 1.48. The van der Waals surface area contributed by atoms with E-state index in [-0.39, 0.29) is 0 Å². The number of halogens is 2. The topological polar surface area (TPSA) is 0 Å². The van der Waals surface area contributed by atoms with E-state index in [4.69, 9.17) is 0 Å². The first kappa shape index (κ1) is 25.8. The number of aryl methyl sites for hydroxylation is 1. The molecule has 0 unspecified atom stereocenters. The van der Waals surface area contributed by atoms with Gasteiger partial charge in [0.05, 0.1) is 0 Å². The normalized spacial score (nSPS) is 11.2. The van der Waals surface area contributed by atoms with E-state index >= 15 is 0 Å². The maximum Gasteiger partial charge on any atom is 0.0181 e. The summed E-state index contributed by atoms with van der Waals surface area (Å²) >= 11 is 7.53. The Morgan fingerprint density at radius 1 is 0.436 bits per heavy atom. The van der Waals surface area contributed by atoms with Crippen LogP contribution in [0.2, 0.25) is 0 Å². The van der Waals surface area contributed by atoms with Gasteiger partial charge in [0.25, 0.3) is 0 Å². The standard InChI is InChI=1S/C35H22Br2.C2H6/c1-21-7-9-25(10-8-21)32-28-17-13-22-11-15-26(36)19-30(22)34(28)33(24-5-3-2-4-6-24)35-29(32)18-14-23-12-16-27(37)20-31(23)35;1-2/h2-20H,1H3;1-2H3. The van der Waals surface area contributed by atoms with Crippen LogP contribution in [0.1, 0.15) is 19.4 Å². The van der Waals surface area contributed by atoms with Crippen LogP contribution < -0.4 is 0 Å². The monoisotopic (exact) mass is 630 g/mol. The molecule has 0 aliphatic heterocycles. The van der Waals surface area contributed by atoms with Gasteiger partial charge in [0.15, 0.2) is 0 Å². The lowest BCUT2D eigenvalue weighted by Crippen LogP contribution is -1.93. The highest BCUT2D eigenvalue weighted by Gasteiger charge is 2.20. The smallest absolute Gasteiger partial charge is 0.0181 e. The Balaban J connectivity index is 0.00000135. The molecular formula is C37H28Br2. The second-order valence-electron chi connectivity index (χ2n) is 9.69. The van der Waals surface area contributed by atoms with Crippen LogP contribution in [0.15, 0.2) is 124 Å². The minimum Gasteiger partial charge on any atom is -0.0683 e. The molecule has 0 aliphatic rings. The highest BCUT2D eigenvalue weighted by molar-refractivity contribution is 9.10. The van der Waals surface area contributed by atoms with E-state index in [1.54, 1.807) is 0 Å². The van der Waals surface area contributed by atoms with E-state index in [0.29, 0.717) is 0 Å². The summed E-state index contributed by atoms with van der Waals surface area (Å²) < 4.78 is 2.17. The van der Waals surface area contributed by atoms with E-state index in [1.165, 1.54) is 70.9 Å². The van der Waals surface area contributed by atoms with Crippen molar-refractivity contribution >= 4 is 74.9 Å². The molecule has 0 atom stereocenters. The third-order valence-corrected chi connectivity index (χ3v) is 8.40. The van der Waals surface area contributed by atoms with Gasteiger partial charge in [-0.3, -0.25) is 0 Å². The number of benzene rings is 7. The fourth-order valence-corrected chi connectivity index (χ4v) is 6.46. The average molecular weight is 632 g/mol. The molecule has 0 aromatic heterocycles. The van der Waals surface area contributed by atoms with Crippen LogP contribution >= 0.6 is 31.9 Å². The SMILES string of the molecule is CC.Cc1ccc(-c2c3ccc4ccc(Br)cc4c3c(-c3ccccc3)c3c2ccc2ccc(Br)cc23)cc1. The van der Waals surface area contributed by atoms with Crippen LogP contribution in [0.5, 0.6) is 0 Å². The summed E-state index contributed by atoms with van der Waals surface area (Å²) in [6, 6.07) is 42.2. The van der Waals surface area contributed by atoms with Crippen LogP contribution in [0.4, 0.5) is 0 Å². The molecule has 190 valence electrons. The highest BCUT2D eigenvalue weighted by Crippen LogP contribution is 2.48. The van der Waals surface area contributed by atoms with Gasteiger partial charge in [-0.25, -0.2) is 0 Å². The zero-order valence-corrected chi connectivity index (χ0v) is 25.4. The maximum absolute atomic E-state index is 3.76. The molecule has 0 saturated carbocycles. The lowest BCUT2D eigenvalue weighted by atomic mass is 9.82. The molecule has 0 aliphatic carbocycles. The Hall–Kier alpha value is -3.46. The van der Waals surface area contributed by atoms with E-state index in [9.17, 15) is 0 Å². The zero-order chi connectivity index (χ0) is 27.1. The quantitative estimate of drug-likeness (QED) is 0.131. The first-order valence-electron chi connectivity index (χ1n) is 13.4. The third-order valence-electron chi connectivity index (χ3n) is 7.41. The summed E-state index contributed by atoms with van der Waals surface area (Å²) in [4.78, 5) is 0. The van der Waals surface area contributed by atoms with Crippen molar-refractivity contribution in [3.8, 4) is 22.3 Å². The molecule has 7 rings (SSSR count). The highest BCUT2D eigenvalue weighted by atomic mass is 79.9. The van der Waals surface area contributed by atoms with Gasteiger partial charge in [0.2, 0.25) is 0 Å². The minimum absolute atomic E-state index is 1.09. The molecule has 0 amide bonds. The zero-order valence-electron chi connectivity index (χ0n) is 22.2. The first-order chi connectivity index (χ1) is 19.1. The van der Waals surface area contributed by atoms with Gasteiger partial charge in [0.1, 0.15) is 0 Å². The van der Waals surface area contributed by atoms with E-state index in [2.05, 4.69) is 154 Å². The lowest BCUT2D eigenvalue weighted by Gasteiger charge is -2.21. The van der Waals surface area contributed by atoms with Crippen LogP contribution in [-0.2, 0) is 0 Å². The molecule has 0 heterocycles. The van der Waals surface area contributed by atoms with Crippen molar-refractivity contribution in [3.63, 3.8) is 0 Å². The predicted molar refractivity (Wildman–Crippen MR) is 179 cm³/mol. The first-order valence-corrected chi connectivity index (χ1v) is 15.0. The van der Waals surface area contributed by atoms with Crippen LogP contribution in [0.25, 0.3) is 65.3 Å². The molecule has 0 nitrogen and oxygen atoms in total. The Morgan fingerprint density at radius 3 is 1.41 bits per heavy atom. The van der Waals surface area contributed by atoms with E-state index < -0.39 is 0 Å². The molecule has 0 bridgehead atoms. The summed E-state index contributed by atoms with van der Waals surface area (Å²) in [5.74, 6) is 0. The molecule has 39 heavy (non-hydrogen) atoms. The largest absolute Gasteiger partial charge is 0.0683 e. The number of hydrogen-bond donors (Lipinski definition) is 0. The second-order valence-corrected chi connectivity index (χ2v) is 11.5. The van der Waals surface area contributed by atoms with Crippen molar-refractivity contribution in [2.45, 2.75) is 20.8 Å². The molecule has 0 saturated heterocycles. The van der Waals surface area contributed by atoms with Gasteiger partial charge < -0.3 is 0 Å². The minimum atomic E-state index is 1.09. The Kier molecular flexibility index (Phi) is 7.01. The van der Waals surface area contributed by atoms with Crippen molar-refractivity contribution in [3.05, 3.63) is 130 Å². The van der Waals surface area contributed by atoms with E-state index in [0.717, 1.165) is 8.95 Å². The molecule has 7 aromatic rings. The molecule has 0 fully saturated rings.